The number of aromatic nitrogens is 6. The molecule has 22 rings (SSSR count). The molecular weight excluding hydrogens is 1250 g/mol. The smallest absolute Gasteiger partial charge is 0.164 e. The molecule has 102 heavy (non-hydrogen) atoms. The van der Waals surface area contributed by atoms with E-state index in [-0.39, 0.29) is 0 Å². The normalized spacial score (nSPS) is 15.5. The Morgan fingerprint density at radius 1 is 0.235 bits per heavy atom. The fourth-order valence-corrected chi connectivity index (χ4v) is 17.8. The number of ether oxygens (including phenoxy) is 2. The molecule has 14 aromatic carbocycles. The van der Waals surface area contributed by atoms with Crippen LogP contribution < -0.4 is 9.47 Å². The van der Waals surface area contributed by atoms with Crippen molar-refractivity contribution in [2.75, 3.05) is 0 Å². The van der Waals surface area contributed by atoms with Crippen LogP contribution >= 0.6 is 0 Å². The van der Waals surface area contributed by atoms with Crippen LogP contribution in [0.2, 0.25) is 0 Å². The Hall–Kier alpha value is -13.6. The summed E-state index contributed by atoms with van der Waals surface area (Å²) in [4.78, 5) is 21.9. The molecule has 0 saturated carbocycles. The zero-order chi connectivity index (χ0) is 66.8. The van der Waals surface area contributed by atoms with Crippen LogP contribution in [-0.4, -0.2) is 29.1 Å². The first kappa shape index (κ1) is 56.5. The van der Waals surface area contributed by atoms with Crippen molar-refractivity contribution < 1.29 is 9.47 Å². The Morgan fingerprint density at radius 2 is 0.637 bits per heavy atom. The number of hydrogen-bond acceptors (Lipinski definition) is 6. The van der Waals surface area contributed by atoms with Gasteiger partial charge in [0.2, 0.25) is 0 Å². The quantitative estimate of drug-likeness (QED) is 0.158. The number of nitrogens with zero attached hydrogens (tertiary/aromatic N) is 6. The summed E-state index contributed by atoms with van der Waals surface area (Å²) in [5.74, 6) is 4.29. The summed E-state index contributed by atoms with van der Waals surface area (Å²) in [6, 6.07) is 122. The first-order chi connectivity index (χ1) is 50.6. The van der Waals surface area contributed by atoms with E-state index in [9.17, 15) is 0 Å². The van der Waals surface area contributed by atoms with E-state index < -0.39 is 10.8 Å². The Morgan fingerprint density at radius 3 is 1.25 bits per heavy atom. The molecule has 2 unspecified atom stereocenters. The highest BCUT2D eigenvalue weighted by molar-refractivity contribution is 6.15. The third-order valence-electron chi connectivity index (χ3n) is 21.9. The Kier molecular flexibility index (Phi) is 11.9. The summed E-state index contributed by atoms with van der Waals surface area (Å²) in [6.07, 6.45) is 0. The summed E-state index contributed by atoms with van der Waals surface area (Å²) in [7, 11) is 0. The van der Waals surface area contributed by atoms with Crippen molar-refractivity contribution in [1.82, 2.24) is 29.1 Å². The molecule has 0 N–H and O–H groups in total. The van der Waals surface area contributed by atoms with Crippen LogP contribution in [0.15, 0.2) is 340 Å². The number of fused-ring (bicyclic) bond motifs is 22. The first-order valence-electron chi connectivity index (χ1n) is 34.8. The van der Waals surface area contributed by atoms with E-state index >= 15 is 0 Å². The van der Waals surface area contributed by atoms with E-state index in [1.807, 2.05) is 24.3 Å². The molecule has 18 aromatic rings. The summed E-state index contributed by atoms with van der Waals surface area (Å²) >= 11 is 0. The van der Waals surface area contributed by atoms with Crippen molar-refractivity contribution in [2.45, 2.75) is 10.8 Å². The van der Waals surface area contributed by atoms with Crippen molar-refractivity contribution in [3.63, 3.8) is 0 Å². The molecule has 0 amide bonds. The predicted molar refractivity (Wildman–Crippen MR) is 408 cm³/mol. The van der Waals surface area contributed by atoms with E-state index in [0.29, 0.717) is 11.6 Å². The standard InChI is InChI=1S/C94H56N6O2/c1-4-26-57(27-5-1)77-56-80(97-91(95-77)59-30-8-3-9-31-59)66-37-24-45-75-89(66)101-85-50-20-15-41-71(85)93(75)70-40-14-19-49-84(70)100-82-53-52-60(54-68(82)65-36-23-44-74(93)88(65)100)61-32-10-11-33-62(61)79-55-78(58-28-6-2-7-29-58)96-92(98-79)67-38-25-46-76-90(67)102-86-51-21-16-42-72(86)94(76)69-39-13-18-48-83(69)99-81-47-17-12-34-63(81)64-35-22-43-73(94)87(64)99/h1-56H. The monoisotopic (exact) mass is 1300 g/mol. The summed E-state index contributed by atoms with van der Waals surface area (Å²) in [5.41, 5.74) is 25.1. The van der Waals surface area contributed by atoms with Gasteiger partial charge in [-0.2, -0.15) is 0 Å². The van der Waals surface area contributed by atoms with Gasteiger partial charge in [0.05, 0.1) is 72.6 Å². The summed E-state index contributed by atoms with van der Waals surface area (Å²) < 4.78 is 19.7. The second-order valence-electron chi connectivity index (χ2n) is 27.0. The average Bonchev–Trinajstić information content (AvgIpc) is 1.30. The maximum atomic E-state index is 7.39. The molecular formula is C94H56N6O2. The van der Waals surface area contributed by atoms with Crippen LogP contribution in [0.1, 0.15) is 44.5 Å². The lowest BCUT2D eigenvalue weighted by molar-refractivity contribution is 0.435. The molecule has 4 aromatic heterocycles. The van der Waals surface area contributed by atoms with Gasteiger partial charge in [0.25, 0.3) is 0 Å². The van der Waals surface area contributed by atoms with Gasteiger partial charge in [0, 0.05) is 71.6 Å². The third-order valence-corrected chi connectivity index (χ3v) is 21.9. The largest absolute Gasteiger partial charge is 0.456 e. The van der Waals surface area contributed by atoms with Gasteiger partial charge in [0.15, 0.2) is 11.6 Å². The number of hydrogen-bond donors (Lipinski definition) is 0. The maximum Gasteiger partial charge on any atom is 0.164 e. The van der Waals surface area contributed by atoms with Gasteiger partial charge in [-0.15, -0.1) is 0 Å². The average molecular weight is 1300 g/mol. The van der Waals surface area contributed by atoms with E-state index in [1.54, 1.807) is 0 Å². The topological polar surface area (TPSA) is 79.9 Å². The van der Waals surface area contributed by atoms with Crippen LogP contribution in [0, 0.1) is 0 Å². The van der Waals surface area contributed by atoms with Crippen molar-refractivity contribution in [3.05, 3.63) is 384 Å². The Balaban J connectivity index is 0.728. The lowest BCUT2D eigenvalue weighted by Gasteiger charge is -2.45. The van der Waals surface area contributed by atoms with E-state index in [1.165, 1.54) is 38.5 Å². The van der Waals surface area contributed by atoms with E-state index in [2.05, 4.69) is 325 Å². The highest BCUT2D eigenvalue weighted by Gasteiger charge is 2.53. The fraction of sp³-hybridized carbons (Fsp3) is 0.0213. The molecule has 0 saturated heterocycles. The van der Waals surface area contributed by atoms with Gasteiger partial charge in [0.1, 0.15) is 23.0 Å². The van der Waals surface area contributed by atoms with Gasteiger partial charge in [-0.3, -0.25) is 0 Å². The van der Waals surface area contributed by atoms with Gasteiger partial charge in [-0.05, 0) is 100 Å². The highest BCUT2D eigenvalue weighted by Crippen LogP contribution is 2.64. The van der Waals surface area contributed by atoms with Crippen LogP contribution in [0.4, 0.5) is 0 Å². The van der Waals surface area contributed by atoms with E-state index in [0.717, 1.165) is 151 Å². The molecule has 4 aliphatic rings. The van der Waals surface area contributed by atoms with Crippen LogP contribution in [0.3, 0.4) is 0 Å². The molecule has 4 aliphatic heterocycles. The van der Waals surface area contributed by atoms with Crippen LogP contribution in [-0.2, 0) is 10.8 Å². The van der Waals surface area contributed by atoms with Crippen molar-refractivity contribution in [3.8, 4) is 113 Å². The molecule has 0 bridgehead atoms. The van der Waals surface area contributed by atoms with Gasteiger partial charge < -0.3 is 18.6 Å². The van der Waals surface area contributed by atoms with E-state index in [4.69, 9.17) is 29.4 Å². The minimum Gasteiger partial charge on any atom is -0.456 e. The van der Waals surface area contributed by atoms with Crippen LogP contribution in [0.25, 0.3) is 134 Å². The molecule has 0 aliphatic carbocycles. The third kappa shape index (κ3) is 7.74. The van der Waals surface area contributed by atoms with Crippen molar-refractivity contribution >= 4 is 43.6 Å². The summed E-state index contributed by atoms with van der Waals surface area (Å²) in [6.45, 7) is 0. The zero-order valence-corrected chi connectivity index (χ0v) is 54.8. The predicted octanol–water partition coefficient (Wildman–Crippen LogP) is 22.7. The second kappa shape index (κ2) is 21.5. The summed E-state index contributed by atoms with van der Waals surface area (Å²) in [5, 5.41) is 4.72. The van der Waals surface area contributed by atoms with Crippen molar-refractivity contribution in [2.24, 2.45) is 0 Å². The highest BCUT2D eigenvalue weighted by atomic mass is 16.5. The molecule has 8 nitrogen and oxygen atoms in total. The molecule has 0 radical (unpaired) electrons. The maximum absolute atomic E-state index is 7.39. The minimum atomic E-state index is -0.821. The number of rotatable bonds is 7. The molecule has 474 valence electrons. The first-order valence-corrected chi connectivity index (χ1v) is 34.8. The SMILES string of the molecule is c1ccc(-c2cc(-c3cccc4c3Oc3ccccc3C43c4ccccc4-n4c5ccc(-c6ccccc6-c6cc(-c7ccccc7)nc(-c7cccc8c7Oc7ccccc7C87c8ccccc8-n8c9ccccc9c9cccc7c98)n6)cc5c5cccc3c54)nc(-c3ccccc3)n2)cc1. The van der Waals surface area contributed by atoms with Gasteiger partial charge in [-0.1, -0.05) is 273 Å². The Bertz CT molecular complexity index is 6540. The molecule has 8 heteroatoms. The molecule has 2 spiro atoms. The van der Waals surface area contributed by atoms with Gasteiger partial charge >= 0.3 is 0 Å². The van der Waals surface area contributed by atoms with Crippen LogP contribution in [0.5, 0.6) is 23.0 Å². The molecule has 8 heterocycles. The van der Waals surface area contributed by atoms with Crippen molar-refractivity contribution in [1.29, 1.82) is 0 Å². The number of benzene rings is 14. The molecule has 2 atom stereocenters. The minimum absolute atomic E-state index is 0.565. The second-order valence-corrected chi connectivity index (χ2v) is 27.0. The fourth-order valence-electron chi connectivity index (χ4n) is 17.8. The van der Waals surface area contributed by atoms with Gasteiger partial charge in [-0.25, -0.2) is 19.9 Å². The molecule has 0 fully saturated rings. The zero-order valence-electron chi connectivity index (χ0n) is 54.8. The Labute approximate surface area is 587 Å². The number of para-hydroxylation sites is 9. The lowest BCUT2D eigenvalue weighted by atomic mass is 9.61. The lowest BCUT2D eigenvalue weighted by Crippen LogP contribution is -2.38.